The third kappa shape index (κ3) is 3.51. The minimum Gasteiger partial charge on any atom is -0.465 e. The van der Waals surface area contributed by atoms with E-state index in [1.54, 1.807) is 27.7 Å². The van der Waals surface area contributed by atoms with Gasteiger partial charge in [-0.2, -0.15) is 0 Å². The van der Waals surface area contributed by atoms with Crippen molar-refractivity contribution in [3.05, 3.63) is 22.5 Å². The Morgan fingerprint density at radius 3 is 2.14 bits per heavy atom. The van der Waals surface area contributed by atoms with E-state index in [2.05, 4.69) is 4.98 Å². The molecular weight excluding hydrogens is 274 g/mol. The van der Waals surface area contributed by atoms with Gasteiger partial charge in [0.25, 0.3) is 0 Å². The molecule has 0 bridgehead atoms. The zero-order chi connectivity index (χ0) is 16.3. The van der Waals surface area contributed by atoms with Crippen molar-refractivity contribution in [2.75, 3.05) is 7.11 Å². The number of ether oxygens (including phenoxy) is 2. The van der Waals surface area contributed by atoms with Gasteiger partial charge in [-0.15, -0.1) is 0 Å². The minimum atomic E-state index is -0.915. The van der Waals surface area contributed by atoms with Crippen LogP contribution in [-0.2, 0) is 14.3 Å². The molecule has 1 aromatic heterocycles. The first kappa shape index (κ1) is 16.9. The fourth-order valence-corrected chi connectivity index (χ4v) is 1.97. The monoisotopic (exact) mass is 295 g/mol. The number of aromatic amines is 1. The van der Waals surface area contributed by atoms with E-state index < -0.39 is 18.0 Å². The summed E-state index contributed by atoms with van der Waals surface area (Å²) in [6.07, 6.45) is -0.915. The number of ketones is 1. The molecule has 1 aromatic rings. The topological polar surface area (TPSA) is 85.5 Å². The number of nitrogens with one attached hydrogen (secondary N) is 1. The van der Waals surface area contributed by atoms with Gasteiger partial charge in [-0.25, -0.2) is 4.79 Å². The molecule has 6 heteroatoms. The summed E-state index contributed by atoms with van der Waals surface area (Å²) < 4.78 is 9.79. The fourth-order valence-electron chi connectivity index (χ4n) is 1.97. The van der Waals surface area contributed by atoms with Crippen LogP contribution in [0, 0.1) is 19.8 Å². The van der Waals surface area contributed by atoms with Gasteiger partial charge >= 0.3 is 11.9 Å². The summed E-state index contributed by atoms with van der Waals surface area (Å²) in [7, 11) is 1.28. The summed E-state index contributed by atoms with van der Waals surface area (Å²) >= 11 is 0. The molecule has 0 saturated heterocycles. The lowest BCUT2D eigenvalue weighted by Crippen LogP contribution is -2.27. The second-order valence-electron chi connectivity index (χ2n) is 5.21. The van der Waals surface area contributed by atoms with Crippen molar-refractivity contribution in [2.24, 2.45) is 5.92 Å². The maximum absolute atomic E-state index is 12.3. The van der Waals surface area contributed by atoms with Gasteiger partial charge in [-0.1, -0.05) is 13.8 Å². The Hall–Kier alpha value is -2.11. The zero-order valence-electron chi connectivity index (χ0n) is 13.2. The second kappa shape index (κ2) is 6.56. The number of methoxy groups -OCH3 is 1. The summed E-state index contributed by atoms with van der Waals surface area (Å²) in [6.45, 7) is 8.23. The van der Waals surface area contributed by atoms with E-state index in [0.717, 1.165) is 0 Å². The summed E-state index contributed by atoms with van der Waals surface area (Å²) in [4.78, 5) is 38.4. The number of rotatable bonds is 5. The van der Waals surface area contributed by atoms with Crippen molar-refractivity contribution in [2.45, 2.75) is 40.7 Å². The largest absolute Gasteiger partial charge is 0.465 e. The summed E-state index contributed by atoms with van der Waals surface area (Å²) in [5.74, 6) is -1.63. The normalized spacial score (nSPS) is 12.1. The number of carbonyl (C=O) groups is 3. The molecule has 116 valence electrons. The lowest BCUT2D eigenvalue weighted by atomic mass is 10.1. The second-order valence-corrected chi connectivity index (χ2v) is 5.21. The number of H-pyrrole nitrogens is 1. The molecule has 1 atom stereocenters. The van der Waals surface area contributed by atoms with Gasteiger partial charge in [0, 0.05) is 5.69 Å². The van der Waals surface area contributed by atoms with Crippen LogP contribution in [0.4, 0.5) is 0 Å². The standard InChI is InChI=1S/C15H21NO5/c1-7(2)14(18)21-10(5)13(17)12-8(3)11(9(4)16-12)15(19)20-6/h7,10,16H,1-6H3/t10-/m0/s1. The molecule has 0 fully saturated rings. The Balaban J connectivity index is 3.04. The van der Waals surface area contributed by atoms with Crippen LogP contribution in [0.1, 0.15) is 52.9 Å². The molecule has 1 N–H and O–H groups in total. The molecule has 0 saturated carbocycles. The highest BCUT2D eigenvalue weighted by Gasteiger charge is 2.27. The number of Topliss-reactive ketones (excluding diaryl/α,β-unsaturated/α-hetero) is 1. The summed E-state index contributed by atoms with van der Waals surface area (Å²) in [5, 5.41) is 0. The van der Waals surface area contributed by atoms with E-state index in [1.807, 2.05) is 0 Å². The molecule has 1 rings (SSSR count). The van der Waals surface area contributed by atoms with Crippen LogP contribution in [0.3, 0.4) is 0 Å². The smallest absolute Gasteiger partial charge is 0.339 e. The minimum absolute atomic E-state index is 0.261. The van der Waals surface area contributed by atoms with E-state index in [4.69, 9.17) is 9.47 Å². The molecular formula is C15H21NO5. The Morgan fingerprint density at radius 2 is 1.67 bits per heavy atom. The van der Waals surface area contributed by atoms with Crippen molar-refractivity contribution in [1.82, 2.24) is 4.98 Å². The van der Waals surface area contributed by atoms with E-state index in [0.29, 0.717) is 16.8 Å². The van der Waals surface area contributed by atoms with Crippen LogP contribution in [0.2, 0.25) is 0 Å². The van der Waals surface area contributed by atoms with E-state index in [1.165, 1.54) is 14.0 Å². The fraction of sp³-hybridized carbons (Fsp3) is 0.533. The number of aryl methyl sites for hydroxylation is 1. The molecule has 0 aliphatic carbocycles. The van der Waals surface area contributed by atoms with E-state index in [-0.39, 0.29) is 17.4 Å². The van der Waals surface area contributed by atoms with Crippen molar-refractivity contribution < 1.29 is 23.9 Å². The van der Waals surface area contributed by atoms with Crippen LogP contribution in [-0.4, -0.2) is 35.9 Å². The van der Waals surface area contributed by atoms with Crippen LogP contribution >= 0.6 is 0 Å². The number of hydrogen-bond donors (Lipinski definition) is 1. The first-order valence-corrected chi connectivity index (χ1v) is 6.72. The number of aromatic nitrogens is 1. The molecule has 0 unspecified atom stereocenters. The Bertz CT molecular complexity index is 571. The highest BCUT2D eigenvalue weighted by atomic mass is 16.5. The molecule has 21 heavy (non-hydrogen) atoms. The van der Waals surface area contributed by atoms with Gasteiger partial charge in [0.15, 0.2) is 6.10 Å². The van der Waals surface area contributed by atoms with Crippen molar-refractivity contribution in [3.63, 3.8) is 0 Å². The summed E-state index contributed by atoms with van der Waals surface area (Å²) in [5.41, 5.74) is 1.64. The third-order valence-electron chi connectivity index (χ3n) is 3.21. The Morgan fingerprint density at radius 1 is 1.10 bits per heavy atom. The van der Waals surface area contributed by atoms with Gasteiger partial charge in [-0.3, -0.25) is 9.59 Å². The van der Waals surface area contributed by atoms with Crippen LogP contribution in [0.5, 0.6) is 0 Å². The maximum atomic E-state index is 12.3. The summed E-state index contributed by atoms with van der Waals surface area (Å²) in [6, 6.07) is 0. The quantitative estimate of drug-likeness (QED) is 0.664. The predicted molar refractivity (Wildman–Crippen MR) is 76.3 cm³/mol. The lowest BCUT2D eigenvalue weighted by Gasteiger charge is -2.13. The first-order valence-electron chi connectivity index (χ1n) is 6.72. The average molecular weight is 295 g/mol. The molecule has 0 radical (unpaired) electrons. The molecule has 0 aromatic carbocycles. The van der Waals surface area contributed by atoms with Gasteiger partial charge < -0.3 is 14.5 Å². The predicted octanol–water partition coefficient (Wildman–Crippen LogP) is 2.19. The molecule has 0 aliphatic heterocycles. The Kier molecular flexibility index (Phi) is 5.29. The Labute approximate surface area is 123 Å². The maximum Gasteiger partial charge on any atom is 0.339 e. The van der Waals surface area contributed by atoms with Gasteiger partial charge in [-0.05, 0) is 26.3 Å². The van der Waals surface area contributed by atoms with Gasteiger partial charge in [0.2, 0.25) is 5.78 Å². The number of carbonyl (C=O) groups excluding carboxylic acids is 3. The number of hydrogen-bond acceptors (Lipinski definition) is 5. The van der Waals surface area contributed by atoms with Gasteiger partial charge in [0.05, 0.1) is 24.3 Å². The van der Waals surface area contributed by atoms with Crippen molar-refractivity contribution >= 4 is 17.7 Å². The lowest BCUT2D eigenvalue weighted by molar-refractivity contribution is -0.150. The van der Waals surface area contributed by atoms with E-state index in [9.17, 15) is 14.4 Å². The molecule has 0 spiro atoms. The van der Waals surface area contributed by atoms with Gasteiger partial charge in [0.1, 0.15) is 0 Å². The van der Waals surface area contributed by atoms with Crippen LogP contribution in [0.15, 0.2) is 0 Å². The SMILES string of the molecule is COC(=O)c1c(C)[nH]c(C(=O)[C@H](C)OC(=O)C(C)C)c1C. The molecule has 1 heterocycles. The first-order chi connectivity index (χ1) is 9.70. The van der Waals surface area contributed by atoms with Crippen LogP contribution < -0.4 is 0 Å². The molecule has 6 nitrogen and oxygen atoms in total. The third-order valence-corrected chi connectivity index (χ3v) is 3.21. The number of esters is 2. The highest BCUT2D eigenvalue weighted by molar-refractivity contribution is 6.03. The molecule has 0 aliphatic rings. The van der Waals surface area contributed by atoms with E-state index >= 15 is 0 Å². The molecule has 0 amide bonds. The van der Waals surface area contributed by atoms with Crippen molar-refractivity contribution in [3.8, 4) is 0 Å². The zero-order valence-corrected chi connectivity index (χ0v) is 13.2. The highest BCUT2D eigenvalue weighted by Crippen LogP contribution is 2.21. The van der Waals surface area contributed by atoms with Crippen molar-refractivity contribution in [1.29, 1.82) is 0 Å². The van der Waals surface area contributed by atoms with Crippen LogP contribution in [0.25, 0.3) is 0 Å². The average Bonchev–Trinajstić information content (AvgIpc) is 2.72.